The average Bonchev–Trinajstić information content (AvgIpc) is 0.739. The Morgan fingerprint density at radius 3 is 0.847 bits per heavy atom. The Kier molecular flexibility index (Phi) is 46.6. The van der Waals surface area contributed by atoms with E-state index in [4.69, 9.17) is 0 Å². The molecule has 137 heavy (non-hydrogen) atoms. The van der Waals surface area contributed by atoms with E-state index in [1.165, 1.54) is 188 Å². The number of hydrogen-bond donors (Lipinski definition) is 0. The minimum Gasteiger partial charge on any atom is -0.264 e. The third kappa shape index (κ3) is 37.8. The summed E-state index contributed by atoms with van der Waals surface area (Å²) in [5.41, 5.74) is 56.1. The molecule has 0 bridgehead atoms. The predicted molar refractivity (Wildman–Crippen MR) is 584 cm³/mol. The molecule has 9 heterocycles. The SMILES string of the molecule is Cc1cc(C)c(-c2c(C)cc(C)cc2C)c(C)c1.Cc1cc(C)c(C)cn1.Cc1cc(C)c(C)nc1C.Cc1cc(C)nc(C)c1.Cc1ccc(-c2ccc(C)cc2C)c(C)c1.Cc1ccc(C)c(C)n1.Cc1ccc(C)nc1.Cc1cccc(C)c1C1(c2c(C)cccc2C)CCCCC1.Cc1cnc(C)cn1.Cc1cncc(C)c1C.Cc1nc(C)c(C)nc1C.Cc1nc(C)nc(C)n1. The van der Waals surface area contributed by atoms with E-state index in [0.717, 1.165) is 97.2 Å². The first-order valence-electron chi connectivity index (χ1n) is 48.4. The lowest BCUT2D eigenvalue weighted by molar-refractivity contribution is 0.341. The molecule has 1 fully saturated rings. The van der Waals surface area contributed by atoms with E-state index in [2.05, 4.69) is 357 Å². The third-order valence-electron chi connectivity index (χ3n) is 24.8. The van der Waals surface area contributed by atoms with Crippen LogP contribution < -0.4 is 0 Å². The van der Waals surface area contributed by atoms with Crippen molar-refractivity contribution in [2.45, 2.75) is 321 Å². The summed E-state index contributed by atoms with van der Waals surface area (Å²) in [7, 11) is 0. The van der Waals surface area contributed by atoms with Crippen molar-refractivity contribution in [1.82, 2.24) is 64.8 Å². The van der Waals surface area contributed by atoms with E-state index in [9.17, 15) is 0 Å². The van der Waals surface area contributed by atoms with Crippen LogP contribution in [0, 0.1) is 284 Å². The Bertz CT molecular complexity index is 5720. The number of pyridine rings is 6. The summed E-state index contributed by atoms with van der Waals surface area (Å²) in [6.45, 7) is 85.4. The minimum absolute atomic E-state index is 0.225. The van der Waals surface area contributed by atoms with Crippen molar-refractivity contribution in [2.24, 2.45) is 0 Å². The van der Waals surface area contributed by atoms with Gasteiger partial charge in [-0.25, -0.2) is 15.0 Å². The molecule has 724 valence electrons. The minimum atomic E-state index is 0.225. The second-order valence-corrected chi connectivity index (χ2v) is 38.1. The van der Waals surface area contributed by atoms with Gasteiger partial charge in [0.15, 0.2) is 0 Å². The average molecular weight is 1840 g/mol. The molecule has 13 heteroatoms. The molecule has 13 nitrogen and oxygen atoms in total. The topological polar surface area (TPSA) is 168 Å². The van der Waals surface area contributed by atoms with E-state index < -0.39 is 0 Å². The highest BCUT2D eigenvalue weighted by Crippen LogP contribution is 2.49. The Balaban J connectivity index is 0.000000268. The molecule has 1 aliphatic carbocycles. The van der Waals surface area contributed by atoms with Crippen molar-refractivity contribution in [3.05, 3.63) is 425 Å². The molecule has 0 saturated heterocycles. The summed E-state index contributed by atoms with van der Waals surface area (Å²) >= 11 is 0. The number of hydrogen-bond acceptors (Lipinski definition) is 13. The highest BCUT2D eigenvalue weighted by molar-refractivity contribution is 5.77. The van der Waals surface area contributed by atoms with Crippen LogP contribution in [0.1, 0.15) is 274 Å². The standard InChI is InChI=1S/C22H28.C18H22.C16H18.C9H13N.C8H12N2.4C8H11N.C7H9N.C6H9N3.C6H8N2/c1-16-10-8-11-17(2)20(16)22(14-6-5-7-15-22)21-18(3)12-9-13-19(21)4;1-11-7-13(3)17(14(4)8-11)18-15(5)9-12(2)10-16(18)6;1-11-5-7-15(13(3)9-11)16-8-6-12(2)10-14(16)4;1-6-5-7(2)9(4)10-8(6)3;1-5-6(2)10-8(4)7(3)9-5;1-6-4-9-5-7(2)8(6)3;1-6-4-8(3)9-5-7(6)2;1-6-4-7(2)9-8(3)5-6;1-6-4-5-7(2)9-8(6)3;1-6-3-4-7(2)8-5-6;1-4-7-5(2)9-6(3)8-4;1-5-3-8-6(2)4-7-5/h8-13H,5-7,14-15H2,1-4H3;7-10H,1-6H3;5-10H,1-4H3;5H,1-4H3;1-4H3;4*4-5H,1-3H3;3-5H,1-2H3;1-3H3;3-4H,1-2H3. The van der Waals surface area contributed by atoms with Crippen LogP contribution >= 0.6 is 0 Å². The molecule has 16 rings (SSSR count). The van der Waals surface area contributed by atoms with Crippen LogP contribution in [0.3, 0.4) is 0 Å². The van der Waals surface area contributed by atoms with Gasteiger partial charge < -0.3 is 0 Å². The molecular formula is C124H163N13. The Morgan fingerprint density at radius 1 is 0.190 bits per heavy atom. The number of aromatic nitrogens is 13. The molecule has 0 amide bonds. The van der Waals surface area contributed by atoms with Crippen LogP contribution in [-0.2, 0) is 5.41 Å². The van der Waals surface area contributed by atoms with Crippen LogP contribution in [0.25, 0.3) is 22.3 Å². The molecule has 0 N–H and O–H groups in total. The quantitative estimate of drug-likeness (QED) is 0.163. The van der Waals surface area contributed by atoms with Gasteiger partial charge in [-0.1, -0.05) is 157 Å². The second-order valence-electron chi connectivity index (χ2n) is 38.1. The second kappa shape index (κ2) is 55.6. The highest BCUT2D eigenvalue weighted by Gasteiger charge is 2.39. The van der Waals surface area contributed by atoms with Gasteiger partial charge in [0.25, 0.3) is 0 Å². The molecule has 0 radical (unpaired) electrons. The van der Waals surface area contributed by atoms with Gasteiger partial charge in [0.2, 0.25) is 0 Å². The molecular weight excluding hydrogens is 1670 g/mol. The van der Waals surface area contributed by atoms with Crippen LogP contribution in [0.2, 0.25) is 0 Å². The van der Waals surface area contributed by atoms with E-state index >= 15 is 0 Å². The maximum Gasteiger partial charge on any atom is 0.129 e. The van der Waals surface area contributed by atoms with Gasteiger partial charge in [-0.2, -0.15) is 0 Å². The Labute approximate surface area is 827 Å². The molecule has 9 aromatic heterocycles. The Hall–Kier alpha value is -12.6. The van der Waals surface area contributed by atoms with E-state index in [1.807, 2.05) is 162 Å². The Morgan fingerprint density at radius 2 is 0.533 bits per heavy atom. The van der Waals surface area contributed by atoms with Gasteiger partial charge in [0.1, 0.15) is 17.5 Å². The molecule has 0 atom stereocenters. The third-order valence-corrected chi connectivity index (χ3v) is 24.8. The van der Waals surface area contributed by atoms with Gasteiger partial charge in [0.05, 0.1) is 34.2 Å². The van der Waals surface area contributed by atoms with Gasteiger partial charge in [0, 0.05) is 88.1 Å². The largest absolute Gasteiger partial charge is 0.264 e. The molecule has 0 aliphatic heterocycles. The van der Waals surface area contributed by atoms with Crippen molar-refractivity contribution in [3.8, 4) is 22.3 Å². The monoisotopic (exact) mass is 1830 g/mol. The fourth-order valence-electron chi connectivity index (χ4n) is 17.2. The summed E-state index contributed by atoms with van der Waals surface area (Å²) in [5, 5.41) is 0. The van der Waals surface area contributed by atoms with Crippen molar-refractivity contribution in [3.63, 3.8) is 0 Å². The van der Waals surface area contributed by atoms with Crippen LogP contribution in [0.15, 0.2) is 183 Å². The van der Waals surface area contributed by atoms with Crippen LogP contribution in [0.5, 0.6) is 0 Å². The molecule has 0 spiro atoms. The van der Waals surface area contributed by atoms with Gasteiger partial charge in [-0.15, -0.1) is 0 Å². The van der Waals surface area contributed by atoms with Crippen LogP contribution in [0.4, 0.5) is 0 Å². The first-order valence-corrected chi connectivity index (χ1v) is 48.4. The fourth-order valence-corrected chi connectivity index (χ4v) is 17.2. The lowest BCUT2D eigenvalue weighted by Gasteiger charge is -2.42. The van der Waals surface area contributed by atoms with Crippen LogP contribution in [-0.4, -0.2) is 64.8 Å². The van der Waals surface area contributed by atoms with Gasteiger partial charge >= 0.3 is 0 Å². The maximum atomic E-state index is 4.37. The van der Waals surface area contributed by atoms with E-state index in [0.29, 0.717) is 0 Å². The summed E-state index contributed by atoms with van der Waals surface area (Å²) in [5.74, 6) is 2.38. The fraction of sp³-hybridized carbons (Fsp3) is 0.379. The van der Waals surface area contributed by atoms with Crippen molar-refractivity contribution < 1.29 is 0 Å². The van der Waals surface area contributed by atoms with Crippen molar-refractivity contribution in [2.75, 3.05) is 0 Å². The summed E-state index contributed by atoms with van der Waals surface area (Å²) in [6.07, 6.45) is 17.8. The number of benzene rings is 6. The smallest absolute Gasteiger partial charge is 0.129 e. The maximum absolute atomic E-state index is 4.37. The van der Waals surface area contributed by atoms with Gasteiger partial charge in [-0.05, 0) is 472 Å². The first-order chi connectivity index (χ1) is 64.3. The van der Waals surface area contributed by atoms with Gasteiger partial charge in [-0.3, -0.25) is 49.8 Å². The normalized spacial score (nSPS) is 11.2. The molecule has 6 aromatic carbocycles. The lowest BCUT2D eigenvalue weighted by Crippen LogP contribution is -2.34. The zero-order valence-electron chi connectivity index (χ0n) is 91.7. The number of nitrogens with zero attached hydrogens (tertiary/aromatic N) is 13. The summed E-state index contributed by atoms with van der Waals surface area (Å²) in [6, 6.07) is 52.6. The summed E-state index contributed by atoms with van der Waals surface area (Å²) in [4.78, 5) is 53.8. The zero-order chi connectivity index (χ0) is 103. The molecule has 15 aromatic rings. The predicted octanol–water partition coefficient (Wildman–Crippen LogP) is 31.6. The summed E-state index contributed by atoms with van der Waals surface area (Å²) < 4.78 is 0. The first kappa shape index (κ1) is 115. The zero-order valence-corrected chi connectivity index (χ0v) is 91.7. The lowest BCUT2D eigenvalue weighted by atomic mass is 9.61. The molecule has 0 unspecified atom stereocenters. The van der Waals surface area contributed by atoms with Crippen molar-refractivity contribution >= 4 is 0 Å². The number of rotatable bonds is 4. The number of aryl methyl sites for hydroxylation is 40. The van der Waals surface area contributed by atoms with Crippen molar-refractivity contribution in [1.29, 1.82) is 0 Å². The van der Waals surface area contributed by atoms with E-state index in [1.54, 1.807) is 23.5 Å². The highest BCUT2D eigenvalue weighted by atomic mass is 15.0. The molecule has 1 saturated carbocycles. The van der Waals surface area contributed by atoms with E-state index in [-0.39, 0.29) is 5.41 Å². The molecule has 1 aliphatic rings.